The van der Waals surface area contributed by atoms with E-state index in [1.165, 1.54) is 22.2 Å². The highest BCUT2D eigenvalue weighted by molar-refractivity contribution is 5.98. The van der Waals surface area contributed by atoms with Crippen molar-refractivity contribution in [1.82, 2.24) is 9.47 Å². The van der Waals surface area contributed by atoms with Crippen LogP contribution in [0.4, 0.5) is 0 Å². The Morgan fingerprint density at radius 1 is 1.04 bits per heavy atom. The lowest BCUT2D eigenvalue weighted by Gasteiger charge is -2.36. The molecule has 0 N–H and O–H groups in total. The molecule has 0 fully saturated rings. The summed E-state index contributed by atoms with van der Waals surface area (Å²) in [7, 11) is 0. The maximum Gasteiger partial charge on any atom is 0.237 e. The number of fused-ring (bicyclic) bond motifs is 3. The Bertz CT molecular complexity index is 1020. The minimum atomic E-state index is -0.328. The molecular formula is C24H26N2O. The minimum Gasteiger partial charge on any atom is -0.290 e. The van der Waals surface area contributed by atoms with Crippen LogP contribution in [0.5, 0.6) is 0 Å². The fourth-order valence-electron chi connectivity index (χ4n) is 4.98. The molecule has 2 aliphatic heterocycles. The molecule has 3 nitrogen and oxygen atoms in total. The summed E-state index contributed by atoms with van der Waals surface area (Å²) in [5.41, 5.74) is 4.76. The molecule has 138 valence electrons. The van der Waals surface area contributed by atoms with Gasteiger partial charge in [-0.1, -0.05) is 62.4 Å². The topological polar surface area (TPSA) is 25.2 Å². The second-order valence-corrected chi connectivity index (χ2v) is 8.67. The van der Waals surface area contributed by atoms with Gasteiger partial charge in [0.25, 0.3) is 0 Å². The molecule has 2 aromatic carbocycles. The summed E-state index contributed by atoms with van der Waals surface area (Å²) in [6.45, 7) is 6.21. The minimum absolute atomic E-state index is 0.254. The average molecular weight is 358 g/mol. The third-order valence-corrected chi connectivity index (χ3v) is 6.48. The van der Waals surface area contributed by atoms with E-state index in [-0.39, 0.29) is 11.3 Å². The van der Waals surface area contributed by atoms with Gasteiger partial charge in [0, 0.05) is 29.6 Å². The first-order valence-corrected chi connectivity index (χ1v) is 10.0. The highest BCUT2D eigenvalue weighted by atomic mass is 16.2. The number of para-hydroxylation sites is 1. The van der Waals surface area contributed by atoms with E-state index in [1.54, 1.807) is 0 Å². The summed E-state index contributed by atoms with van der Waals surface area (Å²) in [4.78, 5) is 16.1. The van der Waals surface area contributed by atoms with Crippen LogP contribution in [-0.2, 0) is 13.0 Å². The van der Waals surface area contributed by atoms with E-state index in [0.717, 1.165) is 37.9 Å². The summed E-state index contributed by atoms with van der Waals surface area (Å²) in [6, 6.07) is 19.5. The Labute approximate surface area is 160 Å². The predicted molar refractivity (Wildman–Crippen MR) is 109 cm³/mol. The molecule has 5 rings (SSSR count). The number of carbonyl (C=O) groups excluding carboxylic acids is 1. The van der Waals surface area contributed by atoms with Gasteiger partial charge in [0.1, 0.15) is 0 Å². The van der Waals surface area contributed by atoms with Gasteiger partial charge in [0.05, 0.1) is 11.6 Å². The molecule has 3 aromatic rings. The second-order valence-electron chi connectivity index (χ2n) is 8.67. The largest absolute Gasteiger partial charge is 0.290 e. The lowest BCUT2D eigenvalue weighted by atomic mass is 9.85. The highest BCUT2D eigenvalue weighted by Gasteiger charge is 2.42. The number of benzene rings is 2. The SMILES string of the molecule is CC1(C)CCC2c3c(c4ccccc4n3C1=O)CCN2Cc1ccccc1. The van der Waals surface area contributed by atoms with Crippen molar-refractivity contribution >= 4 is 16.8 Å². The standard InChI is InChI=1S/C24H26N2O/c1-24(2)14-12-21-22-19(13-15-25(21)16-17-8-4-3-5-9-17)18-10-6-7-11-20(18)26(22)23(24)27/h3-11,21H,12-16H2,1-2H3. The Balaban J connectivity index is 1.68. The van der Waals surface area contributed by atoms with Crippen molar-refractivity contribution in [3.63, 3.8) is 0 Å². The normalized spacial score (nSPS) is 21.9. The lowest BCUT2D eigenvalue weighted by Crippen LogP contribution is -2.36. The van der Waals surface area contributed by atoms with Crippen molar-refractivity contribution in [2.24, 2.45) is 5.41 Å². The maximum atomic E-state index is 13.5. The van der Waals surface area contributed by atoms with Gasteiger partial charge >= 0.3 is 0 Å². The molecule has 3 heterocycles. The van der Waals surface area contributed by atoms with Gasteiger partial charge in [0.2, 0.25) is 5.91 Å². The van der Waals surface area contributed by atoms with Crippen LogP contribution < -0.4 is 0 Å². The zero-order valence-corrected chi connectivity index (χ0v) is 16.1. The van der Waals surface area contributed by atoms with Crippen LogP contribution in [-0.4, -0.2) is 21.9 Å². The van der Waals surface area contributed by atoms with E-state index in [2.05, 4.69) is 77.9 Å². The molecule has 0 amide bonds. The predicted octanol–water partition coefficient (Wildman–Crippen LogP) is 5.20. The van der Waals surface area contributed by atoms with Crippen molar-refractivity contribution in [2.45, 2.75) is 45.7 Å². The molecule has 0 spiro atoms. The van der Waals surface area contributed by atoms with Gasteiger partial charge in [-0.05, 0) is 36.5 Å². The van der Waals surface area contributed by atoms with Crippen molar-refractivity contribution < 1.29 is 4.79 Å². The first kappa shape index (κ1) is 16.8. The van der Waals surface area contributed by atoms with Crippen molar-refractivity contribution in [3.05, 3.63) is 71.4 Å². The molecule has 3 heteroatoms. The fourth-order valence-corrected chi connectivity index (χ4v) is 4.98. The monoisotopic (exact) mass is 358 g/mol. The van der Waals surface area contributed by atoms with E-state index >= 15 is 0 Å². The van der Waals surface area contributed by atoms with Crippen molar-refractivity contribution in [2.75, 3.05) is 6.54 Å². The molecule has 1 unspecified atom stereocenters. The van der Waals surface area contributed by atoms with Crippen LogP contribution in [0.2, 0.25) is 0 Å². The molecular weight excluding hydrogens is 332 g/mol. The van der Waals surface area contributed by atoms with Crippen LogP contribution >= 0.6 is 0 Å². The van der Waals surface area contributed by atoms with Gasteiger partial charge in [0.15, 0.2) is 0 Å². The van der Waals surface area contributed by atoms with Gasteiger partial charge in [-0.3, -0.25) is 14.3 Å². The molecule has 2 aliphatic rings. The van der Waals surface area contributed by atoms with Crippen LogP contribution in [0, 0.1) is 5.41 Å². The van der Waals surface area contributed by atoms with E-state index < -0.39 is 0 Å². The summed E-state index contributed by atoms with van der Waals surface area (Å²) in [6.07, 6.45) is 2.98. The molecule has 1 atom stereocenters. The smallest absolute Gasteiger partial charge is 0.237 e. The van der Waals surface area contributed by atoms with Crippen molar-refractivity contribution in [3.8, 4) is 0 Å². The lowest BCUT2D eigenvalue weighted by molar-refractivity contribution is 0.0745. The van der Waals surface area contributed by atoms with Gasteiger partial charge in [-0.15, -0.1) is 0 Å². The molecule has 0 saturated carbocycles. The number of carbonyl (C=O) groups is 1. The van der Waals surface area contributed by atoms with Crippen LogP contribution in [0.3, 0.4) is 0 Å². The third kappa shape index (κ3) is 2.56. The summed E-state index contributed by atoms with van der Waals surface area (Å²) >= 11 is 0. The summed E-state index contributed by atoms with van der Waals surface area (Å²) < 4.78 is 2.07. The molecule has 0 bridgehead atoms. The van der Waals surface area contributed by atoms with Crippen molar-refractivity contribution in [1.29, 1.82) is 0 Å². The zero-order valence-electron chi connectivity index (χ0n) is 16.1. The molecule has 27 heavy (non-hydrogen) atoms. The van der Waals surface area contributed by atoms with E-state index in [1.807, 2.05) is 0 Å². The average Bonchev–Trinajstić information content (AvgIpc) is 2.96. The molecule has 1 aromatic heterocycles. The molecule has 0 saturated heterocycles. The van der Waals surface area contributed by atoms with Gasteiger partial charge in [-0.25, -0.2) is 0 Å². The van der Waals surface area contributed by atoms with Crippen LogP contribution in [0.15, 0.2) is 54.6 Å². The van der Waals surface area contributed by atoms with E-state index in [4.69, 9.17) is 0 Å². The second kappa shape index (κ2) is 6.07. The number of hydrogen-bond acceptors (Lipinski definition) is 2. The Morgan fingerprint density at radius 3 is 2.59 bits per heavy atom. The molecule has 0 aliphatic carbocycles. The summed E-state index contributed by atoms with van der Waals surface area (Å²) in [5, 5.41) is 1.27. The Morgan fingerprint density at radius 2 is 1.78 bits per heavy atom. The quantitative estimate of drug-likeness (QED) is 0.629. The first-order valence-electron chi connectivity index (χ1n) is 10.0. The number of rotatable bonds is 2. The van der Waals surface area contributed by atoms with Gasteiger partial charge < -0.3 is 0 Å². The fraction of sp³-hybridized carbons (Fsp3) is 0.375. The van der Waals surface area contributed by atoms with E-state index in [0.29, 0.717) is 6.04 Å². The Hall–Kier alpha value is -2.39. The number of hydrogen-bond donors (Lipinski definition) is 0. The van der Waals surface area contributed by atoms with Crippen LogP contribution in [0.1, 0.15) is 54.3 Å². The number of aromatic nitrogens is 1. The third-order valence-electron chi connectivity index (χ3n) is 6.48. The number of nitrogens with zero attached hydrogens (tertiary/aromatic N) is 2. The Kier molecular flexibility index (Phi) is 3.76. The zero-order chi connectivity index (χ0) is 18.6. The first-order chi connectivity index (χ1) is 13.1. The van der Waals surface area contributed by atoms with E-state index in [9.17, 15) is 4.79 Å². The molecule has 0 radical (unpaired) electrons. The summed E-state index contributed by atoms with van der Waals surface area (Å²) in [5.74, 6) is 0.254. The van der Waals surface area contributed by atoms with Crippen LogP contribution in [0.25, 0.3) is 10.9 Å². The van der Waals surface area contributed by atoms with Gasteiger partial charge in [-0.2, -0.15) is 0 Å². The maximum absolute atomic E-state index is 13.5. The highest BCUT2D eigenvalue weighted by Crippen LogP contribution is 2.45.